The van der Waals surface area contributed by atoms with Gasteiger partial charge in [0.1, 0.15) is 36.6 Å². The number of aromatic nitrogens is 4. The Kier molecular flexibility index (Phi) is 37.2. The summed E-state index contributed by atoms with van der Waals surface area (Å²) in [5, 5.41) is 40.5. The van der Waals surface area contributed by atoms with Crippen LogP contribution in [0.4, 0.5) is 0 Å². The van der Waals surface area contributed by atoms with Gasteiger partial charge in [0.2, 0.25) is 0 Å². The van der Waals surface area contributed by atoms with Crippen LogP contribution in [0.25, 0.3) is 0 Å². The van der Waals surface area contributed by atoms with Gasteiger partial charge in [0.25, 0.3) is 65.9 Å². The average molecular weight is 1180 g/mol. The molecular weight excluding hydrogens is 1160 g/mol. The van der Waals surface area contributed by atoms with Crippen molar-refractivity contribution < 1.29 is 338 Å². The predicted octanol–water partition coefficient (Wildman–Crippen LogP) is -29.2. The SMILES string of the molecule is O=c1ccn([C@@H]2O[C@H](COP(=O)([O-])OP(=O)([O-])OP(=O)([O-])OP(=O)([O-])OP(=O)([O-])OP(=O)([O-])OP(=O)([O-])OC[C@H]3O[C@@H](n4ccc(=O)[nH]c4=O)[C@H](O)[C@@H]3O)[C@@H](O)[C@H]2O)c(=O)[nH]1.[Na+].[Na+].[Na+].[Na+].[Na+].[Na+].[Na+]. The number of aliphatic hydroxyl groups excluding tert-OH is 4. The van der Waals surface area contributed by atoms with Gasteiger partial charge in [-0.05, 0) is 0 Å². The molecule has 0 amide bonds. The van der Waals surface area contributed by atoms with Crippen molar-refractivity contribution >= 4 is 54.8 Å². The number of phosphoric acid groups is 7. The molecule has 2 fully saturated rings. The predicted molar refractivity (Wildman–Crippen MR) is 166 cm³/mol. The Morgan fingerprint density at radius 1 is 0.456 bits per heavy atom. The topological polar surface area (TPSA) is 564 Å². The number of nitrogens with zero attached hydrogens (tertiary/aromatic N) is 2. The molecule has 0 aromatic carbocycles. The fourth-order valence-electron chi connectivity index (χ4n) is 4.63. The number of hydrogen-bond donors (Lipinski definition) is 6. The van der Waals surface area contributed by atoms with Crippen LogP contribution < -0.4 is 264 Å². The van der Waals surface area contributed by atoms with E-state index in [1.807, 2.05) is 0 Å². The van der Waals surface area contributed by atoms with E-state index in [0.717, 1.165) is 24.5 Å². The first kappa shape index (κ1) is 79.6. The molecule has 0 aliphatic carbocycles. The van der Waals surface area contributed by atoms with Crippen molar-refractivity contribution in [1.29, 1.82) is 0 Å². The Balaban J connectivity index is -0.00000293. The van der Waals surface area contributed by atoms with E-state index >= 15 is 0 Å². The maximum atomic E-state index is 12.0. The maximum Gasteiger partial charge on any atom is 1.00 e. The summed E-state index contributed by atoms with van der Waals surface area (Å²) >= 11 is 0. The second-order valence-electron chi connectivity index (χ2n) is 11.3. The normalized spacial score (nSPS) is 28.2. The monoisotopic (exact) mass is 1180 g/mol. The summed E-state index contributed by atoms with van der Waals surface area (Å²) in [6.45, 7) is -2.96. The van der Waals surface area contributed by atoms with Crippen molar-refractivity contribution in [2.75, 3.05) is 13.2 Å². The molecule has 348 valence electrons. The summed E-state index contributed by atoms with van der Waals surface area (Å²) in [5.41, 5.74) is -4.17. The minimum Gasteiger partial charge on any atom is -0.756 e. The van der Waals surface area contributed by atoms with Gasteiger partial charge in [0.15, 0.2) is 12.5 Å². The van der Waals surface area contributed by atoms with Crippen molar-refractivity contribution in [2.45, 2.75) is 49.1 Å². The molecule has 2 aromatic heterocycles. The van der Waals surface area contributed by atoms with Gasteiger partial charge in [0.05, 0.1) is 13.2 Å². The van der Waals surface area contributed by atoms with Gasteiger partial charge in [-0.2, -0.15) is 0 Å². The molecule has 0 radical (unpaired) electrons. The molecule has 0 spiro atoms. The number of rotatable bonds is 20. The van der Waals surface area contributed by atoms with E-state index in [1.165, 1.54) is 0 Å². The van der Waals surface area contributed by atoms with Gasteiger partial charge in [0, 0.05) is 24.5 Å². The molecule has 2 saturated heterocycles. The van der Waals surface area contributed by atoms with Crippen LogP contribution in [0.15, 0.2) is 43.7 Å². The third-order valence-electron chi connectivity index (χ3n) is 6.92. The molecule has 2 aliphatic rings. The number of nitrogens with one attached hydrogen (secondary N) is 2. The average Bonchev–Trinajstić information content (AvgIpc) is 3.48. The van der Waals surface area contributed by atoms with Crippen molar-refractivity contribution in [3.05, 3.63) is 66.2 Å². The van der Waals surface area contributed by atoms with Crippen LogP contribution in [0.3, 0.4) is 0 Å². The Morgan fingerprint density at radius 3 is 0.926 bits per heavy atom. The van der Waals surface area contributed by atoms with E-state index in [4.69, 9.17) is 9.47 Å². The van der Waals surface area contributed by atoms with Crippen LogP contribution in [0.2, 0.25) is 0 Å². The van der Waals surface area contributed by atoms with Crippen LogP contribution in [-0.2, 0) is 76.3 Å². The first-order valence-corrected chi connectivity index (χ1v) is 25.2. The number of hydrogen-bond acceptors (Lipinski definition) is 32. The fraction of sp³-hybridized carbons (Fsp3) is 0.556. The molecule has 2 aromatic rings. The standard InChI is InChI=1S/C18H29N4O32P7.7Na/c23-9-1-3-21(17(29)19-9)15-13(27)11(25)7(47-15)5-45-55(31,32)49-57(35,36)51-59(39,40)53-61(43,44)54-60(41,42)52-58(37,38)50-56(33,34)46-6-8-12(26)14(28)16(48-8)22-4-2-10(24)20-18(22)30;;;;;;;/h1-4,7-8,11-16,25-28H,5-6H2,(H,31,32)(H,33,34)(H,35,36)(H,37,38)(H,39,40)(H,41,42)(H,43,44)(H,19,23,29)(H,20,24,30);;;;;;;/q;7*+1/p-7/t7-,8-,11-,12-,13-,14-,15-,16-;;;;;;;/m1......./s1. The van der Waals surface area contributed by atoms with Crippen LogP contribution in [-0.4, -0.2) is 89.4 Å². The molecule has 14 atom stereocenters. The number of aromatic amines is 2. The minimum absolute atomic E-state index is 0. The number of phosphoric ester groups is 2. The first-order valence-electron chi connectivity index (χ1n) is 15.0. The first-order chi connectivity index (χ1) is 27.6. The van der Waals surface area contributed by atoms with Crippen LogP contribution in [0.5, 0.6) is 0 Å². The maximum absolute atomic E-state index is 12.0. The zero-order chi connectivity index (χ0) is 46.3. The fourth-order valence-corrected chi connectivity index (χ4v) is 13.5. The largest absolute Gasteiger partial charge is 1.00 e. The van der Waals surface area contributed by atoms with Gasteiger partial charge in [-0.15, -0.1) is 0 Å². The second-order valence-corrected chi connectivity index (χ2v) is 22.0. The Morgan fingerprint density at radius 2 is 0.691 bits per heavy atom. The molecule has 4 rings (SSSR count). The quantitative estimate of drug-likeness (QED) is 0.0529. The zero-order valence-electron chi connectivity index (χ0n) is 35.6. The number of ether oxygens (including phenoxy) is 2. The van der Waals surface area contributed by atoms with Crippen molar-refractivity contribution in [3.8, 4) is 0 Å². The Hall–Kier alpha value is 5.13. The Labute approximate surface area is 532 Å². The summed E-state index contributed by atoms with van der Waals surface area (Å²) in [6.07, 6.45) is -14.2. The van der Waals surface area contributed by atoms with Gasteiger partial charge in [-0.1, -0.05) is 0 Å². The summed E-state index contributed by atoms with van der Waals surface area (Å²) in [4.78, 5) is 134. The van der Waals surface area contributed by atoms with Gasteiger partial charge in [-0.25, -0.2) is 35.5 Å². The Bertz CT molecular complexity index is 2400. The third kappa shape index (κ3) is 24.7. The third-order valence-corrected chi connectivity index (χ3v) is 17.4. The smallest absolute Gasteiger partial charge is 0.756 e. The molecular formula is C18H22N4Na7O32P7. The molecule has 0 saturated carbocycles. The van der Waals surface area contributed by atoms with Crippen molar-refractivity contribution in [3.63, 3.8) is 0 Å². The van der Waals surface area contributed by atoms with Gasteiger partial charge in [-0.3, -0.25) is 60.6 Å². The molecule has 4 heterocycles. The van der Waals surface area contributed by atoms with E-state index in [0.29, 0.717) is 9.13 Å². The second kappa shape index (κ2) is 31.8. The van der Waals surface area contributed by atoms with E-state index in [2.05, 4.69) is 34.9 Å². The van der Waals surface area contributed by atoms with Crippen LogP contribution in [0.1, 0.15) is 12.5 Å². The molecule has 6 unspecified atom stereocenters. The van der Waals surface area contributed by atoms with Crippen LogP contribution in [0, 0.1) is 0 Å². The summed E-state index contributed by atoms with van der Waals surface area (Å²) < 4.78 is 122. The summed E-state index contributed by atoms with van der Waals surface area (Å²) in [6, 6.07) is 1.55. The van der Waals surface area contributed by atoms with Crippen molar-refractivity contribution in [1.82, 2.24) is 19.1 Å². The van der Waals surface area contributed by atoms with E-state index < -0.39 is 140 Å². The van der Waals surface area contributed by atoms with Gasteiger partial charge < -0.3 is 73.2 Å². The zero-order valence-corrected chi connectivity index (χ0v) is 55.8. The number of H-pyrrole nitrogens is 2. The van der Waals surface area contributed by atoms with Crippen molar-refractivity contribution in [2.24, 2.45) is 0 Å². The van der Waals surface area contributed by atoms with Gasteiger partial charge >= 0.3 is 218 Å². The molecule has 0 bridgehead atoms. The summed E-state index contributed by atoms with van der Waals surface area (Å²) in [5.74, 6) is 0. The minimum atomic E-state index is -7.23. The molecule has 2 aliphatic heterocycles. The molecule has 50 heteroatoms. The molecule has 36 nitrogen and oxygen atoms in total. The van der Waals surface area contributed by atoms with Crippen LogP contribution >= 0.6 is 54.8 Å². The molecule has 6 N–H and O–H groups in total. The number of aliphatic hydroxyl groups is 4. The summed E-state index contributed by atoms with van der Waals surface area (Å²) in [7, 11) is -48.3. The van der Waals surface area contributed by atoms with E-state index in [-0.39, 0.29) is 207 Å². The van der Waals surface area contributed by atoms with E-state index in [9.17, 15) is 106 Å². The van der Waals surface area contributed by atoms with E-state index in [1.54, 1.807) is 9.97 Å². The molecule has 68 heavy (non-hydrogen) atoms.